The molecule has 1 atom stereocenters. The Morgan fingerprint density at radius 1 is 1.35 bits per heavy atom. The van der Waals surface area contributed by atoms with Gasteiger partial charge in [-0.1, -0.05) is 12.1 Å². The van der Waals surface area contributed by atoms with E-state index in [0.717, 1.165) is 11.3 Å². The third-order valence-electron chi connectivity index (χ3n) is 2.55. The molecule has 1 aromatic rings. The van der Waals surface area contributed by atoms with E-state index >= 15 is 0 Å². The van der Waals surface area contributed by atoms with Gasteiger partial charge in [0.2, 0.25) is 0 Å². The molecule has 0 spiro atoms. The van der Waals surface area contributed by atoms with Crippen molar-refractivity contribution in [2.24, 2.45) is 0 Å². The molecule has 0 aromatic heterocycles. The van der Waals surface area contributed by atoms with Crippen LogP contribution in [0.3, 0.4) is 0 Å². The molecule has 92 valence electrons. The number of methoxy groups -OCH3 is 2. The summed E-state index contributed by atoms with van der Waals surface area (Å²) in [6, 6.07) is 10.00. The Morgan fingerprint density at radius 2 is 2.00 bits per heavy atom. The molecule has 1 rings (SSSR count). The van der Waals surface area contributed by atoms with Crippen LogP contribution in [-0.4, -0.2) is 26.0 Å². The number of aryl methyl sites for hydroxylation is 1. The van der Waals surface area contributed by atoms with Gasteiger partial charge in [0.05, 0.1) is 6.07 Å². The van der Waals surface area contributed by atoms with Crippen LogP contribution in [0.1, 0.15) is 12.5 Å². The number of hydrogen-bond acceptors (Lipinski definition) is 4. The standard InChI is InChI=1S/C13H18N2O2/c1-10-6-5-7-11(8-10)15-13(2,9-14)12(16-3)17-4/h5-8,12,15H,1-4H3. The number of nitrogens with zero attached hydrogens (tertiary/aromatic N) is 1. The zero-order valence-corrected chi connectivity index (χ0v) is 10.7. The quantitative estimate of drug-likeness (QED) is 0.794. The van der Waals surface area contributed by atoms with Crippen LogP contribution in [0.25, 0.3) is 0 Å². The topological polar surface area (TPSA) is 54.3 Å². The van der Waals surface area contributed by atoms with Gasteiger partial charge in [0.1, 0.15) is 0 Å². The Labute approximate surface area is 102 Å². The first-order chi connectivity index (χ1) is 8.05. The van der Waals surface area contributed by atoms with Crippen LogP contribution in [0.5, 0.6) is 0 Å². The second-order valence-electron chi connectivity index (χ2n) is 4.11. The van der Waals surface area contributed by atoms with E-state index in [4.69, 9.17) is 9.47 Å². The Kier molecular flexibility index (Phi) is 4.50. The van der Waals surface area contributed by atoms with Crippen molar-refractivity contribution in [2.45, 2.75) is 25.7 Å². The normalized spacial score (nSPS) is 14.1. The number of rotatable bonds is 5. The Morgan fingerprint density at radius 3 is 2.47 bits per heavy atom. The summed E-state index contributed by atoms with van der Waals surface area (Å²) in [4.78, 5) is 0. The second kappa shape index (κ2) is 5.67. The largest absolute Gasteiger partial charge is 0.363 e. The van der Waals surface area contributed by atoms with E-state index in [1.54, 1.807) is 6.92 Å². The van der Waals surface area contributed by atoms with Gasteiger partial charge in [-0.3, -0.25) is 0 Å². The van der Waals surface area contributed by atoms with E-state index in [9.17, 15) is 5.26 Å². The van der Waals surface area contributed by atoms with Gasteiger partial charge in [-0.25, -0.2) is 0 Å². The summed E-state index contributed by atoms with van der Waals surface area (Å²) in [5.74, 6) is 0. The van der Waals surface area contributed by atoms with Crippen molar-refractivity contribution >= 4 is 5.69 Å². The number of anilines is 1. The van der Waals surface area contributed by atoms with Crippen molar-refractivity contribution in [3.05, 3.63) is 29.8 Å². The highest BCUT2D eigenvalue weighted by molar-refractivity contribution is 5.49. The summed E-state index contributed by atoms with van der Waals surface area (Å²) >= 11 is 0. The smallest absolute Gasteiger partial charge is 0.193 e. The maximum Gasteiger partial charge on any atom is 0.193 e. The molecular formula is C13H18N2O2. The van der Waals surface area contributed by atoms with Crippen molar-refractivity contribution in [2.75, 3.05) is 19.5 Å². The van der Waals surface area contributed by atoms with Gasteiger partial charge >= 0.3 is 0 Å². The molecule has 0 radical (unpaired) electrons. The SMILES string of the molecule is COC(OC)C(C)(C#N)Nc1cccc(C)c1. The lowest BCUT2D eigenvalue weighted by Gasteiger charge is -2.31. The molecule has 0 aliphatic heterocycles. The van der Waals surface area contributed by atoms with Gasteiger partial charge in [-0.15, -0.1) is 0 Å². The molecule has 1 unspecified atom stereocenters. The van der Waals surface area contributed by atoms with Crippen LogP contribution >= 0.6 is 0 Å². The maximum atomic E-state index is 9.28. The van der Waals surface area contributed by atoms with Gasteiger partial charge in [0.25, 0.3) is 0 Å². The minimum absolute atomic E-state index is 0.631. The monoisotopic (exact) mass is 234 g/mol. The van der Waals surface area contributed by atoms with E-state index < -0.39 is 11.8 Å². The summed E-state index contributed by atoms with van der Waals surface area (Å²) in [6.45, 7) is 3.74. The first-order valence-electron chi connectivity index (χ1n) is 5.37. The first-order valence-corrected chi connectivity index (χ1v) is 5.37. The maximum absolute atomic E-state index is 9.28. The molecule has 0 aliphatic rings. The molecule has 1 N–H and O–H groups in total. The Bertz CT molecular complexity index is 410. The van der Waals surface area contributed by atoms with Crippen LogP contribution < -0.4 is 5.32 Å². The number of nitriles is 1. The van der Waals surface area contributed by atoms with E-state index in [0.29, 0.717) is 0 Å². The molecule has 4 heteroatoms. The zero-order valence-electron chi connectivity index (χ0n) is 10.7. The van der Waals surface area contributed by atoms with Crippen LogP contribution in [0.4, 0.5) is 5.69 Å². The van der Waals surface area contributed by atoms with Gasteiger partial charge < -0.3 is 14.8 Å². The fourth-order valence-electron chi connectivity index (χ4n) is 1.73. The minimum atomic E-state index is -0.933. The Balaban J connectivity index is 2.93. The predicted octanol–water partition coefficient (Wildman–Crippen LogP) is 2.31. The summed E-state index contributed by atoms with van der Waals surface area (Å²) < 4.78 is 10.3. The average molecular weight is 234 g/mol. The molecule has 0 amide bonds. The number of nitrogens with one attached hydrogen (secondary N) is 1. The van der Waals surface area contributed by atoms with Gasteiger partial charge in [-0.05, 0) is 31.5 Å². The highest BCUT2D eigenvalue weighted by atomic mass is 16.7. The lowest BCUT2D eigenvalue weighted by atomic mass is 10.0. The summed E-state index contributed by atoms with van der Waals surface area (Å²) in [6.07, 6.45) is -0.631. The number of benzene rings is 1. The molecule has 0 heterocycles. The minimum Gasteiger partial charge on any atom is -0.363 e. The fourth-order valence-corrected chi connectivity index (χ4v) is 1.73. The van der Waals surface area contributed by atoms with Gasteiger partial charge in [0, 0.05) is 19.9 Å². The number of ether oxygens (including phenoxy) is 2. The molecule has 1 aromatic carbocycles. The highest BCUT2D eigenvalue weighted by Crippen LogP contribution is 2.21. The van der Waals surface area contributed by atoms with Gasteiger partial charge in [0.15, 0.2) is 11.8 Å². The number of hydrogen-bond donors (Lipinski definition) is 1. The zero-order chi connectivity index (χ0) is 12.9. The molecule has 0 saturated carbocycles. The average Bonchev–Trinajstić information content (AvgIpc) is 2.30. The van der Waals surface area contributed by atoms with E-state index in [2.05, 4.69) is 11.4 Å². The van der Waals surface area contributed by atoms with Crippen molar-refractivity contribution in [3.63, 3.8) is 0 Å². The molecule has 0 saturated heterocycles. The molecular weight excluding hydrogens is 216 g/mol. The summed E-state index contributed by atoms with van der Waals surface area (Å²) in [7, 11) is 3.03. The third kappa shape index (κ3) is 3.19. The van der Waals surface area contributed by atoms with Crippen molar-refractivity contribution in [1.29, 1.82) is 5.26 Å². The Hall–Kier alpha value is -1.57. The lowest BCUT2D eigenvalue weighted by molar-refractivity contribution is -0.124. The van der Waals surface area contributed by atoms with Crippen LogP contribution in [-0.2, 0) is 9.47 Å². The second-order valence-corrected chi connectivity index (χ2v) is 4.11. The molecule has 17 heavy (non-hydrogen) atoms. The van der Waals surface area contributed by atoms with Crippen molar-refractivity contribution < 1.29 is 9.47 Å². The van der Waals surface area contributed by atoms with E-state index in [1.165, 1.54) is 14.2 Å². The molecule has 0 fully saturated rings. The molecule has 0 aliphatic carbocycles. The van der Waals surface area contributed by atoms with Crippen LogP contribution in [0, 0.1) is 18.3 Å². The van der Waals surface area contributed by atoms with E-state index in [1.807, 2.05) is 31.2 Å². The lowest BCUT2D eigenvalue weighted by Crippen LogP contribution is -2.47. The fraction of sp³-hybridized carbons (Fsp3) is 0.462. The van der Waals surface area contributed by atoms with E-state index in [-0.39, 0.29) is 0 Å². The summed E-state index contributed by atoms with van der Waals surface area (Å²) in [5.41, 5.74) is 1.06. The molecule has 0 bridgehead atoms. The highest BCUT2D eigenvalue weighted by Gasteiger charge is 2.35. The predicted molar refractivity (Wildman–Crippen MR) is 66.6 cm³/mol. The third-order valence-corrected chi connectivity index (χ3v) is 2.55. The van der Waals surface area contributed by atoms with Crippen molar-refractivity contribution in [3.8, 4) is 6.07 Å². The summed E-state index contributed by atoms with van der Waals surface area (Å²) in [5, 5.41) is 12.4. The first kappa shape index (κ1) is 13.5. The van der Waals surface area contributed by atoms with Crippen molar-refractivity contribution in [1.82, 2.24) is 0 Å². The van der Waals surface area contributed by atoms with Crippen LogP contribution in [0.15, 0.2) is 24.3 Å². The van der Waals surface area contributed by atoms with Gasteiger partial charge in [-0.2, -0.15) is 5.26 Å². The molecule has 4 nitrogen and oxygen atoms in total. The van der Waals surface area contributed by atoms with Crippen LogP contribution in [0.2, 0.25) is 0 Å².